The normalized spacial score (nSPS) is 35.1. The third-order valence-corrected chi connectivity index (χ3v) is 3.29. The molecule has 2 aliphatic carbocycles. The minimum Gasteiger partial charge on any atom is -0.466 e. The van der Waals surface area contributed by atoms with Crippen molar-refractivity contribution in [1.29, 1.82) is 0 Å². The standard InChI is InChI=1S/C9H13BF3O2/c1-2-15-9(14)7-6(5-3-4-5)8(7)10(11,12)13/h5-8H,2-4H2,1H3/q-1. The second-order valence-corrected chi connectivity index (χ2v) is 4.40. The number of rotatable bonds is 4. The molecule has 86 valence electrons. The van der Waals surface area contributed by atoms with Crippen LogP contribution in [0.25, 0.3) is 0 Å². The molecule has 0 aliphatic heterocycles. The van der Waals surface area contributed by atoms with Gasteiger partial charge in [0.15, 0.2) is 0 Å². The van der Waals surface area contributed by atoms with Gasteiger partial charge < -0.3 is 17.7 Å². The molecule has 0 heterocycles. The topological polar surface area (TPSA) is 26.3 Å². The highest BCUT2D eigenvalue weighted by Crippen LogP contribution is 2.67. The van der Waals surface area contributed by atoms with E-state index in [1.807, 2.05) is 0 Å². The van der Waals surface area contributed by atoms with E-state index >= 15 is 0 Å². The summed E-state index contributed by atoms with van der Waals surface area (Å²) in [5, 5.41) is 0. The number of carbonyl (C=O) groups excluding carboxylic acids is 1. The smallest absolute Gasteiger partial charge is 0.466 e. The zero-order chi connectivity index (χ0) is 11.2. The molecule has 0 amide bonds. The van der Waals surface area contributed by atoms with E-state index in [4.69, 9.17) is 0 Å². The summed E-state index contributed by atoms with van der Waals surface area (Å²) in [5.41, 5.74) is 0. The third kappa shape index (κ3) is 1.99. The zero-order valence-corrected chi connectivity index (χ0v) is 8.46. The number of carbonyl (C=O) groups is 1. The number of ether oxygens (including phenoxy) is 1. The lowest BCUT2D eigenvalue weighted by Crippen LogP contribution is -2.19. The molecule has 2 aliphatic rings. The minimum absolute atomic E-state index is 0.118. The molecule has 0 spiro atoms. The molecule has 2 fully saturated rings. The van der Waals surface area contributed by atoms with Gasteiger partial charge in [0.1, 0.15) is 0 Å². The van der Waals surface area contributed by atoms with Gasteiger partial charge in [-0.3, -0.25) is 4.79 Å². The van der Waals surface area contributed by atoms with Gasteiger partial charge in [-0.25, -0.2) is 0 Å². The molecule has 6 heteroatoms. The molecule has 3 atom stereocenters. The van der Waals surface area contributed by atoms with Crippen LogP contribution in [0.2, 0.25) is 5.82 Å². The van der Waals surface area contributed by atoms with Gasteiger partial charge in [-0.15, -0.1) is 0 Å². The second kappa shape index (κ2) is 3.42. The molecule has 0 aromatic rings. The van der Waals surface area contributed by atoms with Crippen molar-refractivity contribution in [3.05, 3.63) is 0 Å². The fraction of sp³-hybridized carbons (Fsp3) is 0.889. The molecule has 0 saturated heterocycles. The second-order valence-electron chi connectivity index (χ2n) is 4.40. The van der Waals surface area contributed by atoms with Crippen molar-refractivity contribution < 1.29 is 22.5 Å². The van der Waals surface area contributed by atoms with Crippen LogP contribution in [-0.2, 0) is 9.53 Å². The van der Waals surface area contributed by atoms with E-state index in [0.29, 0.717) is 0 Å². The summed E-state index contributed by atoms with van der Waals surface area (Å²) in [6.07, 6.45) is 1.67. The zero-order valence-electron chi connectivity index (χ0n) is 8.46. The van der Waals surface area contributed by atoms with E-state index in [2.05, 4.69) is 4.74 Å². The first-order chi connectivity index (χ1) is 6.96. The Kier molecular flexibility index (Phi) is 2.47. The van der Waals surface area contributed by atoms with Crippen LogP contribution < -0.4 is 0 Å². The number of hydrogen-bond acceptors (Lipinski definition) is 2. The highest BCUT2D eigenvalue weighted by molar-refractivity contribution is 6.62. The molecule has 0 aromatic heterocycles. The summed E-state index contributed by atoms with van der Waals surface area (Å²) in [5.74, 6) is -3.27. The van der Waals surface area contributed by atoms with Gasteiger partial charge in [-0.1, -0.05) is 5.82 Å². The lowest BCUT2D eigenvalue weighted by atomic mass is 9.80. The van der Waals surface area contributed by atoms with E-state index in [1.54, 1.807) is 6.92 Å². The summed E-state index contributed by atoms with van der Waals surface area (Å²) < 4.78 is 42.4. The maximum absolute atomic E-state index is 12.6. The van der Waals surface area contributed by atoms with E-state index < -0.39 is 30.6 Å². The van der Waals surface area contributed by atoms with Crippen LogP contribution in [0.1, 0.15) is 19.8 Å². The van der Waals surface area contributed by atoms with Crippen LogP contribution in [0.5, 0.6) is 0 Å². The lowest BCUT2D eigenvalue weighted by Gasteiger charge is -2.12. The van der Waals surface area contributed by atoms with E-state index in [0.717, 1.165) is 12.8 Å². The first kappa shape index (κ1) is 10.8. The van der Waals surface area contributed by atoms with Crippen molar-refractivity contribution in [3.8, 4) is 0 Å². The van der Waals surface area contributed by atoms with Gasteiger partial charge in [0.2, 0.25) is 0 Å². The maximum Gasteiger partial charge on any atom is 0.482 e. The molecule has 0 bridgehead atoms. The van der Waals surface area contributed by atoms with Gasteiger partial charge in [-0.2, -0.15) is 0 Å². The molecular formula is C9H13BF3O2-. The molecule has 0 radical (unpaired) electrons. The van der Waals surface area contributed by atoms with Crippen LogP contribution >= 0.6 is 0 Å². The Balaban J connectivity index is 2.02. The Labute approximate surface area is 86.2 Å². The summed E-state index contributed by atoms with van der Waals surface area (Å²) in [6.45, 7) is -3.12. The van der Waals surface area contributed by atoms with Crippen molar-refractivity contribution in [1.82, 2.24) is 0 Å². The van der Waals surface area contributed by atoms with Crippen LogP contribution in [0, 0.1) is 17.8 Å². The third-order valence-electron chi connectivity index (χ3n) is 3.29. The Morgan fingerprint density at radius 2 is 2.00 bits per heavy atom. The van der Waals surface area contributed by atoms with Crippen molar-refractivity contribution >= 4 is 12.9 Å². The Morgan fingerprint density at radius 1 is 1.40 bits per heavy atom. The SMILES string of the molecule is CCOC(=O)C1C(C2CC2)C1[B-](F)(F)F. The largest absolute Gasteiger partial charge is 0.482 e. The summed E-state index contributed by atoms with van der Waals surface area (Å²) in [7, 11) is 0. The molecular weight excluding hydrogens is 208 g/mol. The Morgan fingerprint density at radius 3 is 2.40 bits per heavy atom. The number of esters is 1. The van der Waals surface area contributed by atoms with Crippen LogP contribution in [0.3, 0.4) is 0 Å². The van der Waals surface area contributed by atoms with Crippen LogP contribution in [0.4, 0.5) is 12.9 Å². The first-order valence-electron chi connectivity index (χ1n) is 5.33. The van der Waals surface area contributed by atoms with Gasteiger partial charge in [0.05, 0.1) is 6.61 Å². The van der Waals surface area contributed by atoms with Crippen molar-refractivity contribution in [2.45, 2.75) is 25.6 Å². The van der Waals surface area contributed by atoms with Crippen molar-refractivity contribution in [3.63, 3.8) is 0 Å². The highest BCUT2D eigenvalue weighted by Gasteiger charge is 2.66. The molecule has 0 N–H and O–H groups in total. The van der Waals surface area contributed by atoms with Gasteiger partial charge in [-0.05, 0) is 31.6 Å². The van der Waals surface area contributed by atoms with Gasteiger partial charge in [0.25, 0.3) is 0 Å². The predicted octanol–water partition coefficient (Wildman–Crippen LogP) is 2.42. The molecule has 2 nitrogen and oxygen atoms in total. The highest BCUT2D eigenvalue weighted by atomic mass is 19.4. The maximum atomic E-state index is 12.6. The fourth-order valence-electron chi connectivity index (χ4n) is 2.49. The summed E-state index contributed by atoms with van der Waals surface area (Å²) in [6, 6.07) is 0. The van der Waals surface area contributed by atoms with E-state index in [-0.39, 0.29) is 12.5 Å². The average Bonchev–Trinajstić information content (AvgIpc) is 2.96. The molecule has 2 saturated carbocycles. The van der Waals surface area contributed by atoms with Crippen molar-refractivity contribution in [2.24, 2.45) is 17.8 Å². The predicted molar refractivity (Wildman–Crippen MR) is 49.2 cm³/mol. The van der Waals surface area contributed by atoms with Gasteiger partial charge in [0, 0.05) is 5.92 Å². The Bertz CT molecular complexity index is 275. The van der Waals surface area contributed by atoms with Crippen LogP contribution in [-0.4, -0.2) is 19.6 Å². The molecule has 2 rings (SSSR count). The first-order valence-corrected chi connectivity index (χ1v) is 5.33. The average molecular weight is 221 g/mol. The Hall–Kier alpha value is -0.675. The fourth-order valence-corrected chi connectivity index (χ4v) is 2.49. The molecule has 3 unspecified atom stereocenters. The van der Waals surface area contributed by atoms with E-state index in [9.17, 15) is 17.7 Å². The summed E-state index contributed by atoms with van der Waals surface area (Å²) >= 11 is 0. The summed E-state index contributed by atoms with van der Waals surface area (Å²) in [4.78, 5) is 11.3. The number of halogens is 3. The molecule has 15 heavy (non-hydrogen) atoms. The monoisotopic (exact) mass is 221 g/mol. The van der Waals surface area contributed by atoms with Crippen LogP contribution in [0.15, 0.2) is 0 Å². The van der Waals surface area contributed by atoms with Gasteiger partial charge >= 0.3 is 12.9 Å². The minimum atomic E-state index is -4.88. The van der Waals surface area contributed by atoms with Crippen molar-refractivity contribution in [2.75, 3.05) is 6.61 Å². The number of hydrogen-bond donors (Lipinski definition) is 0. The quantitative estimate of drug-likeness (QED) is 0.538. The molecule has 0 aromatic carbocycles. The lowest BCUT2D eigenvalue weighted by molar-refractivity contribution is -0.145. The van der Waals surface area contributed by atoms with E-state index in [1.165, 1.54) is 0 Å².